The van der Waals surface area contributed by atoms with Gasteiger partial charge in [-0.15, -0.1) is 0 Å². The van der Waals surface area contributed by atoms with Crippen LogP contribution in [-0.4, -0.2) is 0 Å². The summed E-state index contributed by atoms with van der Waals surface area (Å²) in [6, 6.07) is 125. The molecule has 0 unspecified atom stereocenters. The Morgan fingerprint density at radius 2 is 0.400 bits per heavy atom. The molecule has 0 bridgehead atoms. The van der Waals surface area contributed by atoms with E-state index in [0.29, 0.717) is 0 Å². The first-order valence-corrected chi connectivity index (χ1v) is 31.3. The van der Waals surface area contributed by atoms with Gasteiger partial charge >= 0.3 is 0 Å². The van der Waals surface area contributed by atoms with Gasteiger partial charge in [-0.1, -0.05) is 291 Å². The molecule has 17 aromatic rings. The van der Waals surface area contributed by atoms with Crippen molar-refractivity contribution in [1.82, 2.24) is 0 Å². The van der Waals surface area contributed by atoms with Crippen molar-refractivity contribution in [2.75, 3.05) is 0 Å². The summed E-state index contributed by atoms with van der Waals surface area (Å²) < 4.78 is 0. The maximum absolute atomic E-state index is 2.42. The van der Waals surface area contributed by atoms with Gasteiger partial charge in [-0.05, 0) is 238 Å². The topological polar surface area (TPSA) is 0 Å². The second kappa shape index (κ2) is 23.0. The first-order valence-electron chi connectivity index (χ1n) is 31.3. The zero-order valence-corrected chi connectivity index (χ0v) is 50.3. The lowest BCUT2D eigenvalue weighted by atomic mass is 9.83. The van der Waals surface area contributed by atoms with Gasteiger partial charge in [-0.3, -0.25) is 0 Å². The Balaban J connectivity index is 0.000000148. The molecule has 422 valence electrons. The smallest absolute Gasteiger partial charge is 0.00694 e. The van der Waals surface area contributed by atoms with E-state index < -0.39 is 0 Å². The molecule has 0 nitrogen and oxygen atoms in total. The van der Waals surface area contributed by atoms with Gasteiger partial charge < -0.3 is 0 Å². The van der Waals surface area contributed by atoms with Crippen molar-refractivity contribution in [2.45, 2.75) is 13.8 Å². The largest absolute Gasteiger partial charge is 0.0622 e. The third kappa shape index (κ3) is 9.95. The highest BCUT2D eigenvalue weighted by Crippen LogP contribution is 2.47. The number of hydrogen-bond acceptors (Lipinski definition) is 0. The third-order valence-corrected chi connectivity index (χ3v) is 18.5. The lowest BCUT2D eigenvalue weighted by molar-refractivity contribution is 1.46. The van der Waals surface area contributed by atoms with E-state index in [1.807, 2.05) is 0 Å². The first kappa shape index (κ1) is 54.0. The molecule has 0 heteroatoms. The zero-order chi connectivity index (χ0) is 60.1. The van der Waals surface area contributed by atoms with Gasteiger partial charge in [0.2, 0.25) is 0 Å². The van der Waals surface area contributed by atoms with Crippen molar-refractivity contribution >= 4 is 75.4 Å². The van der Waals surface area contributed by atoms with Crippen LogP contribution in [0.1, 0.15) is 11.1 Å². The molecule has 0 aliphatic heterocycles. The van der Waals surface area contributed by atoms with Crippen LogP contribution in [0.5, 0.6) is 0 Å². The Kier molecular flexibility index (Phi) is 13.8. The van der Waals surface area contributed by atoms with Crippen LogP contribution in [0.4, 0.5) is 0 Å². The molecule has 0 aromatic heterocycles. The van der Waals surface area contributed by atoms with Crippen molar-refractivity contribution in [3.63, 3.8) is 0 Å². The molecule has 0 fully saturated rings. The molecule has 0 aliphatic rings. The monoisotopic (exact) mass is 1140 g/mol. The SMILES string of the molecule is Cc1cc(-c2ccccc2)c2ccccc2c1-c1ccccc1-c1c(C)cc(-c2ccccc2)c2ccccc12.c1ccc2cc(-c3cc4cc(-c5ccc6ccccc6c5)c(-c5ccc6ccccc6c5)cc4cc3-c3ccc4ccccc4c3)ccc2c1. The zero-order valence-electron chi connectivity index (χ0n) is 50.3. The number of rotatable bonds is 8. The minimum Gasteiger partial charge on any atom is -0.0622 e. The maximum Gasteiger partial charge on any atom is -0.00694 e. The van der Waals surface area contributed by atoms with Crippen LogP contribution in [0.25, 0.3) is 164 Å². The minimum atomic E-state index is 1.22. The van der Waals surface area contributed by atoms with E-state index in [1.54, 1.807) is 0 Å². The summed E-state index contributed by atoms with van der Waals surface area (Å²) >= 11 is 0. The number of benzene rings is 17. The van der Waals surface area contributed by atoms with E-state index in [9.17, 15) is 0 Å². The number of fused-ring (bicyclic) bond motifs is 7. The molecule has 0 radical (unpaired) electrons. The fraction of sp³-hybridized carbons (Fsp3) is 0.0222. The van der Waals surface area contributed by atoms with Crippen molar-refractivity contribution in [1.29, 1.82) is 0 Å². The molecule has 0 saturated carbocycles. The first-order chi connectivity index (χ1) is 44.4. The van der Waals surface area contributed by atoms with Gasteiger partial charge in [0.1, 0.15) is 0 Å². The fourth-order valence-electron chi connectivity index (χ4n) is 14.1. The Morgan fingerprint density at radius 3 is 0.711 bits per heavy atom. The van der Waals surface area contributed by atoms with Crippen LogP contribution in [0, 0.1) is 13.8 Å². The highest BCUT2D eigenvalue weighted by atomic mass is 14.2. The average molecular weight is 1140 g/mol. The van der Waals surface area contributed by atoms with E-state index in [4.69, 9.17) is 0 Å². The van der Waals surface area contributed by atoms with Gasteiger partial charge in [0.25, 0.3) is 0 Å². The predicted molar refractivity (Wildman–Crippen MR) is 388 cm³/mol. The lowest BCUT2D eigenvalue weighted by Crippen LogP contribution is -1.95. The second-order valence-electron chi connectivity index (χ2n) is 24.0. The van der Waals surface area contributed by atoms with Crippen molar-refractivity contribution in [2.24, 2.45) is 0 Å². The average Bonchev–Trinajstić information content (AvgIpc) is 0.825. The maximum atomic E-state index is 2.42. The number of hydrogen-bond donors (Lipinski definition) is 0. The Hall–Kier alpha value is -11.4. The lowest BCUT2D eigenvalue weighted by Gasteiger charge is -2.21. The van der Waals surface area contributed by atoms with Gasteiger partial charge in [0, 0.05) is 0 Å². The van der Waals surface area contributed by atoms with E-state index in [0.717, 1.165) is 0 Å². The summed E-state index contributed by atoms with van der Waals surface area (Å²) in [5, 5.41) is 17.6. The van der Waals surface area contributed by atoms with Gasteiger partial charge in [-0.25, -0.2) is 0 Å². The van der Waals surface area contributed by atoms with Crippen molar-refractivity contribution < 1.29 is 0 Å². The third-order valence-electron chi connectivity index (χ3n) is 18.5. The second-order valence-corrected chi connectivity index (χ2v) is 24.0. The molecule has 17 aromatic carbocycles. The van der Waals surface area contributed by atoms with Gasteiger partial charge in [0.15, 0.2) is 0 Å². The van der Waals surface area contributed by atoms with Crippen LogP contribution in [0.15, 0.2) is 340 Å². The van der Waals surface area contributed by atoms with Gasteiger partial charge in [0.05, 0.1) is 0 Å². The normalized spacial score (nSPS) is 11.4. The van der Waals surface area contributed by atoms with Crippen molar-refractivity contribution in [3.8, 4) is 89.0 Å². The summed E-state index contributed by atoms with van der Waals surface area (Å²) in [6.07, 6.45) is 0. The number of aryl methyl sites for hydroxylation is 2. The predicted octanol–water partition coefficient (Wildman–Crippen LogP) is 25.4. The highest BCUT2D eigenvalue weighted by molar-refractivity contribution is 6.13. The molecule has 0 aliphatic carbocycles. The molecule has 0 N–H and O–H groups in total. The molecule has 0 spiro atoms. The quantitative estimate of drug-likeness (QED) is 0.142. The minimum absolute atomic E-state index is 1.22. The van der Waals surface area contributed by atoms with Crippen LogP contribution >= 0.6 is 0 Å². The molecular weight excluding hydrogens is 1080 g/mol. The molecule has 17 rings (SSSR count). The van der Waals surface area contributed by atoms with E-state index in [2.05, 4.69) is 354 Å². The molecule has 0 amide bonds. The molecule has 0 saturated heterocycles. The molecule has 0 atom stereocenters. The Labute approximate surface area is 525 Å². The summed E-state index contributed by atoms with van der Waals surface area (Å²) in [5.41, 5.74) is 22.6. The summed E-state index contributed by atoms with van der Waals surface area (Å²) in [6.45, 7) is 4.52. The standard InChI is InChI=1S/C50H32.C40H30/c1-5-13-37-25-41(21-17-33(37)9-1)47-29-45-31-49(43-23-19-35-11-3-7-15-39(35)27-43)50(44-24-20-36-12-4-8-16-40(36)28-44)32-46(45)30-48(47)42-22-18-34-10-2-6-14-38(34)26-42;1-27-25-37(29-15-5-3-6-16-29)31-19-9-11-21-33(31)39(27)35-23-13-14-24-36(35)40-28(2)26-38(30-17-7-4-8-18-30)32-20-10-12-22-34(32)40/h1-32H;3-26H,1-2H3. The summed E-state index contributed by atoms with van der Waals surface area (Å²) in [7, 11) is 0. The summed E-state index contributed by atoms with van der Waals surface area (Å²) in [5.74, 6) is 0. The van der Waals surface area contributed by atoms with Crippen molar-refractivity contribution in [3.05, 3.63) is 351 Å². The van der Waals surface area contributed by atoms with Crippen LogP contribution in [-0.2, 0) is 0 Å². The van der Waals surface area contributed by atoms with E-state index in [-0.39, 0.29) is 0 Å². The molecular formula is C90H62. The van der Waals surface area contributed by atoms with Gasteiger partial charge in [-0.2, -0.15) is 0 Å². The fourth-order valence-corrected chi connectivity index (χ4v) is 14.1. The Morgan fingerprint density at radius 1 is 0.144 bits per heavy atom. The highest BCUT2D eigenvalue weighted by Gasteiger charge is 2.21. The van der Waals surface area contributed by atoms with E-state index in [1.165, 1.54) is 176 Å². The summed E-state index contributed by atoms with van der Waals surface area (Å²) in [4.78, 5) is 0. The van der Waals surface area contributed by atoms with Crippen LogP contribution in [0.2, 0.25) is 0 Å². The van der Waals surface area contributed by atoms with E-state index >= 15 is 0 Å². The van der Waals surface area contributed by atoms with Crippen LogP contribution in [0.3, 0.4) is 0 Å². The molecule has 0 heterocycles. The molecule has 90 heavy (non-hydrogen) atoms. The van der Waals surface area contributed by atoms with Crippen LogP contribution < -0.4 is 0 Å². The Bertz CT molecular complexity index is 5070.